The lowest BCUT2D eigenvalue weighted by Gasteiger charge is -2.27. The van der Waals surface area contributed by atoms with Crippen molar-refractivity contribution in [3.8, 4) is 0 Å². The topological polar surface area (TPSA) is 98.9 Å². The summed E-state index contributed by atoms with van der Waals surface area (Å²) < 4.78 is 0. The summed E-state index contributed by atoms with van der Waals surface area (Å²) in [6.45, 7) is 4.66. The van der Waals surface area contributed by atoms with E-state index in [1.54, 1.807) is 4.90 Å². The van der Waals surface area contributed by atoms with E-state index in [1.165, 1.54) is 0 Å². The van der Waals surface area contributed by atoms with E-state index in [-0.39, 0.29) is 30.3 Å². The van der Waals surface area contributed by atoms with Gasteiger partial charge in [-0.2, -0.15) is 0 Å². The Bertz CT molecular complexity index is 373. The minimum absolute atomic E-state index is 0.0156. The number of carbonyl (C=O) groups is 2. The predicted molar refractivity (Wildman–Crippen MR) is 80.5 cm³/mol. The summed E-state index contributed by atoms with van der Waals surface area (Å²) in [6.07, 6.45) is 0.0798. The number of amides is 2. The van der Waals surface area contributed by atoms with E-state index in [0.29, 0.717) is 19.5 Å². The fraction of sp³-hybridized carbons (Fsp3) is 0.857. The van der Waals surface area contributed by atoms with Crippen LogP contribution in [0.2, 0.25) is 0 Å². The summed E-state index contributed by atoms with van der Waals surface area (Å²) >= 11 is 0. The van der Waals surface area contributed by atoms with Crippen molar-refractivity contribution in [3.63, 3.8) is 0 Å². The lowest BCUT2D eigenvalue weighted by Crippen LogP contribution is -2.49. The molecule has 3 atom stereocenters. The fourth-order valence-electron chi connectivity index (χ4n) is 2.48. The maximum atomic E-state index is 12.2. The highest BCUT2D eigenvalue weighted by atomic mass is 16.3. The van der Waals surface area contributed by atoms with Crippen molar-refractivity contribution in [2.45, 2.75) is 38.5 Å². The molecule has 0 aromatic heterocycles. The molecule has 0 saturated carbocycles. The van der Waals surface area contributed by atoms with Gasteiger partial charge in [-0.05, 0) is 26.4 Å². The van der Waals surface area contributed by atoms with E-state index in [2.05, 4.69) is 5.32 Å². The molecule has 7 nitrogen and oxygen atoms in total. The Kier molecular flexibility index (Phi) is 6.57. The number of rotatable bonds is 6. The molecule has 0 spiro atoms. The molecular weight excluding hydrogens is 272 g/mol. The number of aliphatic hydroxyl groups is 1. The third-order valence-electron chi connectivity index (χ3n) is 3.72. The SMILES string of the molecule is CC(C)[C@H](N)C(=O)NCC(=O)N1CC(O)CC1CN(C)C. The highest BCUT2D eigenvalue weighted by Gasteiger charge is 2.34. The van der Waals surface area contributed by atoms with Crippen molar-refractivity contribution in [3.05, 3.63) is 0 Å². The van der Waals surface area contributed by atoms with E-state index in [1.807, 2.05) is 32.8 Å². The van der Waals surface area contributed by atoms with Gasteiger partial charge >= 0.3 is 0 Å². The van der Waals surface area contributed by atoms with Gasteiger partial charge in [0.2, 0.25) is 11.8 Å². The predicted octanol–water partition coefficient (Wildman–Crippen LogP) is -1.39. The van der Waals surface area contributed by atoms with Crippen molar-refractivity contribution < 1.29 is 14.7 Å². The van der Waals surface area contributed by atoms with Crippen molar-refractivity contribution in [1.29, 1.82) is 0 Å². The first kappa shape index (κ1) is 17.9. The van der Waals surface area contributed by atoms with Crippen LogP contribution in [0.5, 0.6) is 0 Å². The minimum Gasteiger partial charge on any atom is -0.391 e. The molecule has 122 valence electrons. The zero-order valence-corrected chi connectivity index (χ0v) is 13.4. The molecule has 1 saturated heterocycles. The summed E-state index contributed by atoms with van der Waals surface area (Å²) in [6, 6.07) is -0.627. The van der Waals surface area contributed by atoms with Crippen LogP contribution in [0.25, 0.3) is 0 Å². The van der Waals surface area contributed by atoms with Crippen LogP contribution in [0.3, 0.4) is 0 Å². The smallest absolute Gasteiger partial charge is 0.242 e. The van der Waals surface area contributed by atoms with Crippen LogP contribution in [0.4, 0.5) is 0 Å². The molecule has 7 heteroatoms. The Morgan fingerprint density at radius 1 is 1.43 bits per heavy atom. The summed E-state index contributed by atoms with van der Waals surface area (Å²) in [5.41, 5.74) is 5.73. The molecule has 0 bridgehead atoms. The molecule has 21 heavy (non-hydrogen) atoms. The van der Waals surface area contributed by atoms with Gasteiger partial charge in [0.15, 0.2) is 0 Å². The van der Waals surface area contributed by atoms with Gasteiger partial charge in [-0.15, -0.1) is 0 Å². The van der Waals surface area contributed by atoms with Crippen molar-refractivity contribution in [2.24, 2.45) is 11.7 Å². The number of hydrogen-bond donors (Lipinski definition) is 3. The van der Waals surface area contributed by atoms with Crippen LogP contribution in [-0.4, -0.2) is 78.6 Å². The molecule has 2 amide bonds. The maximum Gasteiger partial charge on any atom is 0.242 e. The van der Waals surface area contributed by atoms with Crippen LogP contribution in [-0.2, 0) is 9.59 Å². The average Bonchev–Trinajstić information content (AvgIpc) is 2.74. The number of nitrogens with two attached hydrogens (primary N) is 1. The molecule has 0 aromatic carbocycles. The molecule has 1 fully saturated rings. The van der Waals surface area contributed by atoms with Crippen molar-refractivity contribution in [2.75, 3.05) is 33.7 Å². The third kappa shape index (κ3) is 5.26. The monoisotopic (exact) mass is 300 g/mol. The second-order valence-corrected chi connectivity index (χ2v) is 6.34. The zero-order valence-electron chi connectivity index (χ0n) is 13.4. The van der Waals surface area contributed by atoms with Crippen LogP contribution in [0.1, 0.15) is 20.3 Å². The van der Waals surface area contributed by atoms with E-state index in [9.17, 15) is 14.7 Å². The summed E-state index contributed by atoms with van der Waals surface area (Å²) in [5.74, 6) is -0.472. The molecular formula is C14H28N4O3. The van der Waals surface area contributed by atoms with Gasteiger partial charge in [-0.1, -0.05) is 13.8 Å². The van der Waals surface area contributed by atoms with Gasteiger partial charge in [0.25, 0.3) is 0 Å². The number of nitrogens with one attached hydrogen (secondary N) is 1. The number of likely N-dealkylation sites (N-methyl/N-ethyl adjacent to an activating group) is 1. The number of nitrogens with zero attached hydrogens (tertiary/aromatic N) is 2. The fourth-order valence-corrected chi connectivity index (χ4v) is 2.48. The van der Waals surface area contributed by atoms with Gasteiger partial charge in [-0.25, -0.2) is 0 Å². The Morgan fingerprint density at radius 3 is 2.57 bits per heavy atom. The number of aliphatic hydroxyl groups excluding tert-OH is 1. The normalized spacial score (nSPS) is 23.7. The standard InChI is InChI=1S/C14H28N4O3/c1-9(2)13(15)14(21)16-6-12(20)18-8-11(19)5-10(18)7-17(3)4/h9-11,13,19H,5-8,15H2,1-4H3,(H,16,21)/t10?,11?,13-/m0/s1. The largest absolute Gasteiger partial charge is 0.391 e. The van der Waals surface area contributed by atoms with Crippen molar-refractivity contribution >= 4 is 11.8 Å². The molecule has 0 radical (unpaired) electrons. The van der Waals surface area contributed by atoms with Crippen molar-refractivity contribution in [1.82, 2.24) is 15.1 Å². The highest BCUT2D eigenvalue weighted by molar-refractivity contribution is 5.87. The molecule has 1 aliphatic rings. The second kappa shape index (κ2) is 7.72. The first-order valence-electron chi connectivity index (χ1n) is 7.38. The summed E-state index contributed by atoms with van der Waals surface area (Å²) in [5, 5.41) is 12.3. The molecule has 4 N–H and O–H groups in total. The first-order chi connectivity index (χ1) is 9.72. The van der Waals surface area contributed by atoms with E-state index in [0.717, 1.165) is 0 Å². The van der Waals surface area contributed by atoms with E-state index >= 15 is 0 Å². The molecule has 1 aliphatic heterocycles. The number of carbonyl (C=O) groups excluding carboxylic acids is 2. The third-order valence-corrected chi connectivity index (χ3v) is 3.72. The Hall–Kier alpha value is -1.18. The maximum absolute atomic E-state index is 12.2. The Morgan fingerprint density at radius 2 is 2.05 bits per heavy atom. The Balaban J connectivity index is 2.52. The van der Waals surface area contributed by atoms with Crippen LogP contribution in [0, 0.1) is 5.92 Å². The second-order valence-electron chi connectivity index (χ2n) is 6.34. The minimum atomic E-state index is -0.612. The summed E-state index contributed by atoms with van der Waals surface area (Å²) in [4.78, 5) is 27.6. The van der Waals surface area contributed by atoms with Crippen LogP contribution in [0.15, 0.2) is 0 Å². The first-order valence-corrected chi connectivity index (χ1v) is 7.38. The average molecular weight is 300 g/mol. The Labute approximate surface area is 126 Å². The van der Waals surface area contributed by atoms with Gasteiger partial charge in [0, 0.05) is 19.1 Å². The molecule has 2 unspecified atom stereocenters. The number of hydrogen-bond acceptors (Lipinski definition) is 5. The molecule has 0 aromatic rings. The quantitative estimate of drug-likeness (QED) is 0.561. The van der Waals surface area contributed by atoms with Gasteiger partial charge in [-0.3, -0.25) is 9.59 Å². The van der Waals surface area contributed by atoms with E-state index < -0.39 is 12.1 Å². The summed E-state index contributed by atoms with van der Waals surface area (Å²) in [7, 11) is 3.85. The van der Waals surface area contributed by atoms with Gasteiger partial charge in [0.1, 0.15) is 0 Å². The highest BCUT2D eigenvalue weighted by Crippen LogP contribution is 2.18. The van der Waals surface area contributed by atoms with Gasteiger partial charge in [0.05, 0.1) is 18.7 Å². The number of likely N-dealkylation sites (tertiary alicyclic amines) is 1. The van der Waals surface area contributed by atoms with Crippen LogP contribution < -0.4 is 11.1 Å². The molecule has 0 aliphatic carbocycles. The van der Waals surface area contributed by atoms with Crippen LogP contribution >= 0.6 is 0 Å². The molecule has 1 heterocycles. The lowest BCUT2D eigenvalue weighted by atomic mass is 10.1. The van der Waals surface area contributed by atoms with Gasteiger partial charge < -0.3 is 26.0 Å². The zero-order chi connectivity index (χ0) is 16.2. The van der Waals surface area contributed by atoms with E-state index in [4.69, 9.17) is 5.73 Å². The number of β-amino-alcohol motifs (C(OH)–C–C–N with tert-alkyl or cyclic N) is 1. The lowest BCUT2D eigenvalue weighted by molar-refractivity contribution is -0.134. The molecule has 1 rings (SSSR count).